The van der Waals surface area contributed by atoms with Gasteiger partial charge >= 0.3 is 0 Å². The molecule has 16 heavy (non-hydrogen) atoms. The Morgan fingerprint density at radius 1 is 1.44 bits per heavy atom. The number of rotatable bonds is 2. The van der Waals surface area contributed by atoms with E-state index in [0.717, 1.165) is 36.1 Å². The van der Waals surface area contributed by atoms with Gasteiger partial charge in [-0.1, -0.05) is 0 Å². The normalized spacial score (nSPS) is 20.4. The molecule has 2 heterocycles. The summed E-state index contributed by atoms with van der Waals surface area (Å²) in [6.07, 6.45) is 2.59. The third-order valence-electron chi connectivity index (χ3n) is 3.14. The van der Waals surface area contributed by atoms with Crippen LogP contribution in [-0.4, -0.2) is 28.8 Å². The standard InChI is InChI=1S/C12H13N3O/c16-12(9-3-4-13-6-9)8-1-2-10-11(5-8)15-7-14-10/h1-2,5,7,9,13H,3-4,6H2,(H,14,15). The van der Waals surface area contributed by atoms with Gasteiger partial charge in [-0.25, -0.2) is 4.98 Å². The van der Waals surface area contributed by atoms with E-state index in [0.29, 0.717) is 0 Å². The molecular weight excluding hydrogens is 202 g/mol. The number of H-pyrrole nitrogens is 1. The highest BCUT2D eigenvalue weighted by Crippen LogP contribution is 2.18. The zero-order chi connectivity index (χ0) is 11.0. The molecule has 1 unspecified atom stereocenters. The van der Waals surface area contributed by atoms with E-state index < -0.39 is 0 Å². The van der Waals surface area contributed by atoms with Crippen LogP contribution in [0.2, 0.25) is 0 Å². The monoisotopic (exact) mass is 215 g/mol. The molecule has 2 aromatic rings. The number of ketones is 1. The number of fused-ring (bicyclic) bond motifs is 1. The van der Waals surface area contributed by atoms with Crippen molar-refractivity contribution in [1.82, 2.24) is 15.3 Å². The third-order valence-corrected chi connectivity index (χ3v) is 3.14. The van der Waals surface area contributed by atoms with E-state index in [1.807, 2.05) is 18.2 Å². The van der Waals surface area contributed by atoms with E-state index >= 15 is 0 Å². The Morgan fingerprint density at radius 2 is 2.38 bits per heavy atom. The first kappa shape index (κ1) is 9.54. The van der Waals surface area contributed by atoms with Crippen LogP contribution < -0.4 is 5.32 Å². The molecule has 2 N–H and O–H groups in total. The molecule has 1 aromatic carbocycles. The first-order valence-electron chi connectivity index (χ1n) is 5.52. The Labute approximate surface area is 93.1 Å². The second kappa shape index (κ2) is 3.72. The van der Waals surface area contributed by atoms with Crippen molar-refractivity contribution in [3.8, 4) is 0 Å². The molecule has 1 aromatic heterocycles. The van der Waals surface area contributed by atoms with E-state index in [4.69, 9.17) is 0 Å². The molecule has 0 radical (unpaired) electrons. The smallest absolute Gasteiger partial charge is 0.167 e. The molecular formula is C12H13N3O. The Hall–Kier alpha value is -1.68. The predicted octanol–water partition coefficient (Wildman–Crippen LogP) is 1.36. The molecule has 82 valence electrons. The maximum atomic E-state index is 12.1. The molecule has 0 aliphatic carbocycles. The van der Waals surface area contributed by atoms with Gasteiger partial charge < -0.3 is 10.3 Å². The minimum absolute atomic E-state index is 0.139. The summed E-state index contributed by atoms with van der Waals surface area (Å²) in [6.45, 7) is 1.75. The van der Waals surface area contributed by atoms with Crippen LogP contribution >= 0.6 is 0 Å². The molecule has 0 saturated carbocycles. The number of nitrogens with zero attached hydrogens (tertiary/aromatic N) is 1. The van der Waals surface area contributed by atoms with Crippen molar-refractivity contribution >= 4 is 16.8 Å². The van der Waals surface area contributed by atoms with E-state index in [9.17, 15) is 4.79 Å². The molecule has 1 atom stereocenters. The minimum Gasteiger partial charge on any atom is -0.345 e. The van der Waals surface area contributed by atoms with Crippen LogP contribution in [0.3, 0.4) is 0 Å². The lowest BCUT2D eigenvalue weighted by Crippen LogP contribution is -2.17. The first-order valence-corrected chi connectivity index (χ1v) is 5.52. The minimum atomic E-state index is 0.139. The van der Waals surface area contributed by atoms with Gasteiger partial charge in [-0.2, -0.15) is 0 Å². The van der Waals surface area contributed by atoms with Crippen LogP contribution in [0.15, 0.2) is 24.5 Å². The Kier molecular flexibility index (Phi) is 2.22. The zero-order valence-electron chi connectivity index (χ0n) is 8.86. The molecule has 1 aliphatic heterocycles. The van der Waals surface area contributed by atoms with Crippen molar-refractivity contribution in [2.75, 3.05) is 13.1 Å². The second-order valence-corrected chi connectivity index (χ2v) is 4.19. The van der Waals surface area contributed by atoms with Crippen molar-refractivity contribution in [1.29, 1.82) is 0 Å². The largest absolute Gasteiger partial charge is 0.345 e. The van der Waals surface area contributed by atoms with E-state index in [1.165, 1.54) is 0 Å². The van der Waals surface area contributed by atoms with Gasteiger partial charge in [0.1, 0.15) is 0 Å². The van der Waals surface area contributed by atoms with Gasteiger partial charge in [-0.3, -0.25) is 4.79 Å². The summed E-state index contributed by atoms with van der Waals surface area (Å²) in [5, 5.41) is 3.21. The molecule has 1 saturated heterocycles. The number of benzene rings is 1. The van der Waals surface area contributed by atoms with Gasteiger partial charge in [-0.15, -0.1) is 0 Å². The molecule has 4 heteroatoms. The average Bonchev–Trinajstić information content (AvgIpc) is 2.98. The number of carbonyl (C=O) groups excluding carboxylic acids is 1. The molecule has 0 amide bonds. The zero-order valence-corrected chi connectivity index (χ0v) is 8.86. The molecule has 4 nitrogen and oxygen atoms in total. The number of imidazole rings is 1. The fraction of sp³-hybridized carbons (Fsp3) is 0.333. The van der Waals surface area contributed by atoms with E-state index in [2.05, 4.69) is 15.3 Å². The lowest BCUT2D eigenvalue weighted by molar-refractivity contribution is 0.0930. The summed E-state index contributed by atoms with van der Waals surface area (Å²) in [7, 11) is 0. The SMILES string of the molecule is O=C(c1ccc2nc[nH]c2c1)C1CCNC1. The van der Waals surface area contributed by atoms with Gasteiger partial charge in [0.05, 0.1) is 17.4 Å². The van der Waals surface area contributed by atoms with Crippen LogP contribution in [0.1, 0.15) is 16.8 Å². The highest BCUT2D eigenvalue weighted by atomic mass is 16.1. The number of hydrogen-bond acceptors (Lipinski definition) is 3. The Bertz CT molecular complexity index is 526. The van der Waals surface area contributed by atoms with Crippen molar-refractivity contribution < 1.29 is 4.79 Å². The molecule has 0 spiro atoms. The van der Waals surface area contributed by atoms with Crippen LogP contribution in [-0.2, 0) is 0 Å². The van der Waals surface area contributed by atoms with Crippen molar-refractivity contribution in [3.63, 3.8) is 0 Å². The Balaban J connectivity index is 1.95. The summed E-state index contributed by atoms with van der Waals surface area (Å²) >= 11 is 0. The average molecular weight is 215 g/mol. The number of carbonyl (C=O) groups is 1. The maximum absolute atomic E-state index is 12.1. The third kappa shape index (κ3) is 1.51. The number of aromatic amines is 1. The number of Topliss-reactive ketones (excluding diaryl/α,β-unsaturated/α-hetero) is 1. The lowest BCUT2D eigenvalue weighted by Gasteiger charge is -2.06. The fourth-order valence-electron chi connectivity index (χ4n) is 2.20. The maximum Gasteiger partial charge on any atom is 0.167 e. The van der Waals surface area contributed by atoms with Crippen LogP contribution in [0.5, 0.6) is 0 Å². The number of hydrogen-bond donors (Lipinski definition) is 2. The van der Waals surface area contributed by atoms with Crippen molar-refractivity contribution in [2.24, 2.45) is 5.92 Å². The van der Waals surface area contributed by atoms with E-state index in [-0.39, 0.29) is 11.7 Å². The molecule has 1 fully saturated rings. The predicted molar refractivity (Wildman–Crippen MR) is 61.4 cm³/mol. The quantitative estimate of drug-likeness (QED) is 0.743. The number of nitrogens with one attached hydrogen (secondary N) is 2. The van der Waals surface area contributed by atoms with Crippen LogP contribution in [0, 0.1) is 5.92 Å². The second-order valence-electron chi connectivity index (χ2n) is 4.19. The highest BCUT2D eigenvalue weighted by molar-refractivity contribution is 6.00. The van der Waals surface area contributed by atoms with Gasteiger partial charge in [0.25, 0.3) is 0 Å². The summed E-state index contributed by atoms with van der Waals surface area (Å²) in [5.41, 5.74) is 2.61. The summed E-state index contributed by atoms with van der Waals surface area (Å²) in [5.74, 6) is 0.377. The summed E-state index contributed by atoms with van der Waals surface area (Å²) in [4.78, 5) is 19.3. The molecule has 0 bridgehead atoms. The van der Waals surface area contributed by atoms with Crippen molar-refractivity contribution in [2.45, 2.75) is 6.42 Å². The van der Waals surface area contributed by atoms with Gasteiger partial charge in [0.2, 0.25) is 0 Å². The number of aromatic nitrogens is 2. The lowest BCUT2D eigenvalue weighted by atomic mass is 9.97. The first-order chi connectivity index (χ1) is 7.84. The molecule has 1 aliphatic rings. The summed E-state index contributed by atoms with van der Waals surface area (Å²) in [6, 6.07) is 5.65. The van der Waals surface area contributed by atoms with Crippen molar-refractivity contribution in [3.05, 3.63) is 30.1 Å². The Morgan fingerprint density at radius 3 is 3.19 bits per heavy atom. The van der Waals surface area contributed by atoms with Gasteiger partial charge in [0, 0.05) is 18.0 Å². The molecule has 3 rings (SSSR count). The van der Waals surface area contributed by atoms with Crippen LogP contribution in [0.4, 0.5) is 0 Å². The topological polar surface area (TPSA) is 57.8 Å². The highest BCUT2D eigenvalue weighted by Gasteiger charge is 2.23. The van der Waals surface area contributed by atoms with E-state index in [1.54, 1.807) is 6.33 Å². The fourth-order valence-corrected chi connectivity index (χ4v) is 2.20. The van der Waals surface area contributed by atoms with Gasteiger partial charge in [-0.05, 0) is 31.2 Å². The van der Waals surface area contributed by atoms with Crippen LogP contribution in [0.25, 0.3) is 11.0 Å². The van der Waals surface area contributed by atoms with Gasteiger partial charge in [0.15, 0.2) is 5.78 Å². The summed E-state index contributed by atoms with van der Waals surface area (Å²) < 4.78 is 0.